The topological polar surface area (TPSA) is 108 Å². The Labute approximate surface area is 208 Å². The zero-order valence-corrected chi connectivity index (χ0v) is 21.9. The van der Waals surface area contributed by atoms with Gasteiger partial charge in [0.05, 0.1) is 24.8 Å². The summed E-state index contributed by atoms with van der Waals surface area (Å²) in [4.78, 5) is 26.8. The second kappa shape index (κ2) is 10.8. The Hall–Kier alpha value is -2.18. The number of rotatable bonds is 9. The minimum Gasteiger partial charge on any atom is -0.476 e. The molecule has 2 saturated heterocycles. The number of hydrogen-bond acceptors (Lipinski definition) is 9. The molecule has 3 fully saturated rings. The van der Waals surface area contributed by atoms with E-state index in [1.807, 2.05) is 30.8 Å². The van der Waals surface area contributed by atoms with Crippen molar-refractivity contribution in [3.05, 3.63) is 12.4 Å². The smallest absolute Gasteiger partial charge is 0.410 e. The fourth-order valence-electron chi connectivity index (χ4n) is 4.21. The molecule has 1 saturated carbocycles. The number of piperazine rings is 1. The van der Waals surface area contributed by atoms with E-state index in [-0.39, 0.29) is 17.4 Å². The van der Waals surface area contributed by atoms with E-state index < -0.39 is 10.0 Å². The van der Waals surface area contributed by atoms with Gasteiger partial charge >= 0.3 is 6.09 Å². The molecule has 2 aliphatic heterocycles. The molecule has 0 spiro atoms. The van der Waals surface area contributed by atoms with Gasteiger partial charge in [-0.2, -0.15) is 4.31 Å². The van der Waals surface area contributed by atoms with Crippen LogP contribution in [0.15, 0.2) is 12.4 Å². The number of piperidine rings is 1. The van der Waals surface area contributed by atoms with Gasteiger partial charge < -0.3 is 24.2 Å². The predicted octanol–water partition coefficient (Wildman–Crippen LogP) is 1.27. The van der Waals surface area contributed by atoms with Gasteiger partial charge in [-0.3, -0.25) is 0 Å². The van der Waals surface area contributed by atoms with Crippen LogP contribution in [0.3, 0.4) is 0 Å². The molecule has 35 heavy (non-hydrogen) atoms. The average molecular weight is 511 g/mol. The molecule has 0 unspecified atom stereocenters. The van der Waals surface area contributed by atoms with Gasteiger partial charge in [0, 0.05) is 45.8 Å². The first-order valence-corrected chi connectivity index (χ1v) is 14.0. The molecule has 196 valence electrons. The van der Waals surface area contributed by atoms with Crippen molar-refractivity contribution in [2.24, 2.45) is 5.92 Å². The van der Waals surface area contributed by atoms with Crippen LogP contribution in [-0.4, -0.2) is 116 Å². The normalized spacial score (nSPS) is 21.3. The predicted molar refractivity (Wildman–Crippen MR) is 132 cm³/mol. The molecule has 1 aromatic heterocycles. The minimum atomic E-state index is -3.24. The van der Waals surface area contributed by atoms with Crippen LogP contribution in [-0.2, 0) is 14.8 Å². The van der Waals surface area contributed by atoms with Crippen molar-refractivity contribution in [3.8, 4) is 5.88 Å². The number of carbonyl (C=O) groups excluding carboxylic acids is 1. The summed E-state index contributed by atoms with van der Waals surface area (Å²) in [5, 5.41) is 0. The summed E-state index contributed by atoms with van der Waals surface area (Å²) >= 11 is 0. The van der Waals surface area contributed by atoms with E-state index in [1.165, 1.54) is 0 Å². The summed E-state index contributed by atoms with van der Waals surface area (Å²) in [5.74, 6) is 1.69. The van der Waals surface area contributed by atoms with Gasteiger partial charge in [-0.05, 0) is 52.6 Å². The molecule has 0 radical (unpaired) electrons. The maximum atomic E-state index is 12.5. The third-order valence-electron chi connectivity index (χ3n) is 6.99. The van der Waals surface area contributed by atoms with Gasteiger partial charge in [-0.1, -0.05) is 0 Å². The zero-order valence-electron chi connectivity index (χ0n) is 21.1. The molecule has 1 aromatic rings. The van der Waals surface area contributed by atoms with Crippen LogP contribution in [0.2, 0.25) is 0 Å². The van der Waals surface area contributed by atoms with Crippen molar-refractivity contribution < 1.29 is 22.7 Å². The van der Waals surface area contributed by atoms with E-state index >= 15 is 0 Å². The second-order valence-electron chi connectivity index (χ2n) is 10.3. The Morgan fingerprint density at radius 2 is 1.77 bits per heavy atom. The average Bonchev–Trinajstić information content (AvgIpc) is 3.58. The fraction of sp³-hybridized carbons (Fsp3) is 0.783. The first-order valence-electron chi connectivity index (χ1n) is 12.4. The van der Waals surface area contributed by atoms with E-state index in [4.69, 9.17) is 9.47 Å². The molecule has 3 heterocycles. The number of likely N-dealkylation sites (tertiary alicyclic amines) is 1. The van der Waals surface area contributed by atoms with Crippen molar-refractivity contribution in [1.29, 1.82) is 0 Å². The van der Waals surface area contributed by atoms with Crippen molar-refractivity contribution in [2.75, 3.05) is 77.2 Å². The summed E-state index contributed by atoms with van der Waals surface area (Å²) < 4.78 is 38.0. The quantitative estimate of drug-likeness (QED) is 0.485. The number of carbonyl (C=O) groups is 1. The molecule has 1 aliphatic carbocycles. The lowest BCUT2D eigenvalue weighted by Crippen LogP contribution is -2.50. The molecule has 1 amide bonds. The lowest BCUT2D eigenvalue weighted by molar-refractivity contribution is 0.0454. The van der Waals surface area contributed by atoms with E-state index in [0.717, 1.165) is 31.5 Å². The molecule has 12 heteroatoms. The van der Waals surface area contributed by atoms with Crippen LogP contribution in [0.5, 0.6) is 5.88 Å². The SMILES string of the molecule is CN(C)CCS(=O)(=O)N1CCN(c2cnc(OCC3CCN(C(=O)OC4(C)CC4)CC3)cn2)CC1. The standard InChI is InChI=1S/C23H38N6O5S/c1-23(6-7-23)34-22(30)28-8-4-19(5-9-28)18-33-21-17-24-20(16-25-21)27-10-12-29(13-11-27)35(31,32)15-14-26(2)3/h16-17,19H,4-15,18H2,1-3H3. The van der Waals surface area contributed by atoms with Crippen LogP contribution in [0, 0.1) is 5.92 Å². The van der Waals surface area contributed by atoms with Crippen LogP contribution < -0.4 is 9.64 Å². The lowest BCUT2D eigenvalue weighted by Gasteiger charge is -2.34. The minimum absolute atomic E-state index is 0.133. The Kier molecular flexibility index (Phi) is 8.02. The molecule has 11 nitrogen and oxygen atoms in total. The van der Waals surface area contributed by atoms with Gasteiger partial charge in [0.15, 0.2) is 0 Å². The summed E-state index contributed by atoms with van der Waals surface area (Å²) in [7, 11) is 0.501. The number of nitrogens with zero attached hydrogens (tertiary/aromatic N) is 6. The van der Waals surface area contributed by atoms with Crippen LogP contribution in [0.1, 0.15) is 32.6 Å². The first kappa shape index (κ1) is 25.9. The van der Waals surface area contributed by atoms with Gasteiger partial charge in [-0.15, -0.1) is 0 Å². The van der Waals surface area contributed by atoms with Crippen molar-refractivity contribution in [1.82, 2.24) is 24.1 Å². The monoisotopic (exact) mass is 510 g/mol. The van der Waals surface area contributed by atoms with Gasteiger partial charge in [0.2, 0.25) is 15.9 Å². The number of anilines is 1. The van der Waals surface area contributed by atoms with Crippen molar-refractivity contribution in [3.63, 3.8) is 0 Å². The largest absolute Gasteiger partial charge is 0.476 e. The highest BCUT2D eigenvalue weighted by Crippen LogP contribution is 2.39. The van der Waals surface area contributed by atoms with Gasteiger partial charge in [-0.25, -0.2) is 23.2 Å². The molecular weight excluding hydrogens is 472 g/mol. The summed E-state index contributed by atoms with van der Waals surface area (Å²) in [5.41, 5.74) is -0.237. The Morgan fingerprint density at radius 3 is 2.34 bits per heavy atom. The maximum absolute atomic E-state index is 12.5. The van der Waals surface area contributed by atoms with E-state index in [0.29, 0.717) is 64.2 Å². The van der Waals surface area contributed by atoms with E-state index in [2.05, 4.69) is 9.97 Å². The summed E-state index contributed by atoms with van der Waals surface area (Å²) in [6.07, 6.45) is 6.77. The Bertz CT molecular complexity index is 953. The number of amides is 1. The third kappa shape index (κ3) is 7.17. The van der Waals surface area contributed by atoms with Crippen molar-refractivity contribution >= 4 is 21.9 Å². The molecule has 0 N–H and O–H groups in total. The highest BCUT2D eigenvalue weighted by atomic mass is 32.2. The van der Waals surface area contributed by atoms with Crippen LogP contribution in [0.25, 0.3) is 0 Å². The Morgan fingerprint density at radius 1 is 1.09 bits per heavy atom. The molecule has 0 atom stereocenters. The second-order valence-corrected chi connectivity index (χ2v) is 12.4. The molecule has 0 bridgehead atoms. The number of sulfonamides is 1. The molecule has 0 aromatic carbocycles. The number of hydrogen-bond donors (Lipinski definition) is 0. The molecule has 3 aliphatic rings. The van der Waals surface area contributed by atoms with Crippen LogP contribution in [0.4, 0.5) is 10.6 Å². The molecule has 4 rings (SSSR count). The lowest BCUT2D eigenvalue weighted by atomic mass is 9.98. The van der Waals surface area contributed by atoms with E-state index in [9.17, 15) is 13.2 Å². The first-order chi connectivity index (χ1) is 16.6. The third-order valence-corrected chi connectivity index (χ3v) is 8.84. The number of aromatic nitrogens is 2. The molecular formula is C23H38N6O5S. The summed E-state index contributed by atoms with van der Waals surface area (Å²) in [6.45, 7) is 6.46. The number of ether oxygens (including phenoxy) is 2. The summed E-state index contributed by atoms with van der Waals surface area (Å²) in [6, 6.07) is 0. The van der Waals surface area contributed by atoms with E-state index in [1.54, 1.807) is 21.6 Å². The van der Waals surface area contributed by atoms with Crippen molar-refractivity contribution in [2.45, 2.75) is 38.2 Å². The fourth-order valence-corrected chi connectivity index (χ4v) is 5.78. The highest BCUT2D eigenvalue weighted by Gasteiger charge is 2.43. The highest BCUT2D eigenvalue weighted by molar-refractivity contribution is 7.89. The van der Waals surface area contributed by atoms with Gasteiger partial charge in [0.25, 0.3) is 0 Å². The van der Waals surface area contributed by atoms with Crippen LogP contribution >= 0.6 is 0 Å². The zero-order chi connectivity index (χ0) is 25.1. The Balaban J connectivity index is 1.17. The van der Waals surface area contributed by atoms with Gasteiger partial charge in [0.1, 0.15) is 11.4 Å². The maximum Gasteiger partial charge on any atom is 0.410 e.